The monoisotopic (exact) mass is 536 g/mol. The Kier molecular flexibility index (Phi) is 10.0. The number of nitrogens with zero attached hydrogens (tertiary/aromatic N) is 2. The zero-order valence-corrected chi connectivity index (χ0v) is 23.7. The van der Waals surface area contributed by atoms with Crippen LogP contribution in [0, 0.1) is 10.8 Å². The number of hydrogen-bond acceptors (Lipinski definition) is 7. The molecule has 0 radical (unpaired) electrons. The van der Waals surface area contributed by atoms with Crippen LogP contribution in [-0.4, -0.2) is 83.0 Å². The highest BCUT2D eigenvalue weighted by molar-refractivity contribution is 5.80. The van der Waals surface area contributed by atoms with Crippen molar-refractivity contribution in [2.75, 3.05) is 32.8 Å². The predicted molar refractivity (Wildman–Crippen MR) is 141 cm³/mol. The van der Waals surface area contributed by atoms with Crippen LogP contribution in [0.15, 0.2) is 24.8 Å². The van der Waals surface area contributed by atoms with Gasteiger partial charge in [0, 0.05) is 32.6 Å². The number of esters is 1. The number of carbonyl (C=O) groups excluding carboxylic acids is 3. The molecule has 2 saturated heterocycles. The molecule has 10 nitrogen and oxygen atoms in total. The number of ether oxygens (including phenoxy) is 3. The molecule has 214 valence electrons. The lowest BCUT2D eigenvalue weighted by atomic mass is 9.77. The van der Waals surface area contributed by atoms with Crippen LogP contribution in [-0.2, 0) is 23.8 Å². The van der Waals surface area contributed by atoms with E-state index in [9.17, 15) is 24.3 Å². The minimum absolute atomic E-state index is 0.261. The number of aliphatic carboxylic acids is 1. The van der Waals surface area contributed by atoms with Gasteiger partial charge in [0.1, 0.15) is 11.2 Å². The third-order valence-electron chi connectivity index (χ3n) is 7.13. The summed E-state index contributed by atoms with van der Waals surface area (Å²) < 4.78 is 16.3. The molecule has 2 amide bonds. The molecule has 0 saturated carbocycles. The van der Waals surface area contributed by atoms with E-state index >= 15 is 0 Å². The van der Waals surface area contributed by atoms with Crippen LogP contribution >= 0.6 is 0 Å². The zero-order chi connectivity index (χ0) is 28.8. The maximum Gasteiger partial charge on any atom is 0.410 e. The number of carbonyl (C=O) groups is 4. The van der Waals surface area contributed by atoms with Gasteiger partial charge in [-0.3, -0.25) is 9.59 Å². The van der Waals surface area contributed by atoms with Crippen LogP contribution in [0.25, 0.3) is 0 Å². The highest BCUT2D eigenvalue weighted by atomic mass is 16.6. The molecule has 0 aromatic heterocycles. The molecule has 38 heavy (non-hydrogen) atoms. The fraction of sp³-hybridized carbons (Fsp3) is 0.714. The lowest BCUT2D eigenvalue weighted by molar-refractivity contribution is -0.155. The molecule has 2 aliphatic heterocycles. The summed E-state index contributed by atoms with van der Waals surface area (Å²) in [5, 5.41) is 9.96. The zero-order valence-electron chi connectivity index (χ0n) is 23.7. The van der Waals surface area contributed by atoms with E-state index in [1.807, 2.05) is 0 Å². The largest absolute Gasteiger partial charge is 0.481 e. The molecule has 0 spiro atoms. The van der Waals surface area contributed by atoms with Crippen LogP contribution in [0.3, 0.4) is 0 Å². The number of carboxylic acids is 1. The van der Waals surface area contributed by atoms with Crippen molar-refractivity contribution in [3.63, 3.8) is 0 Å². The third kappa shape index (κ3) is 7.98. The Morgan fingerprint density at radius 1 is 0.868 bits per heavy atom. The Hall–Kier alpha value is -3.04. The summed E-state index contributed by atoms with van der Waals surface area (Å²) in [6, 6.07) is 0. The van der Waals surface area contributed by atoms with Gasteiger partial charge in [0.15, 0.2) is 0 Å². The lowest BCUT2D eigenvalue weighted by Crippen LogP contribution is -2.48. The van der Waals surface area contributed by atoms with Crippen molar-refractivity contribution in [2.24, 2.45) is 10.8 Å². The molecule has 0 bridgehead atoms. The fourth-order valence-corrected chi connectivity index (χ4v) is 4.63. The molecule has 0 aliphatic carbocycles. The maximum absolute atomic E-state index is 12.8. The fourth-order valence-electron chi connectivity index (χ4n) is 4.63. The quantitative estimate of drug-likeness (QED) is 0.267. The smallest absolute Gasteiger partial charge is 0.410 e. The summed E-state index contributed by atoms with van der Waals surface area (Å²) in [4.78, 5) is 52.8. The summed E-state index contributed by atoms with van der Waals surface area (Å²) in [6.45, 7) is 16.0. The Bertz CT molecular complexity index is 918. The van der Waals surface area contributed by atoms with E-state index in [0.29, 0.717) is 32.4 Å². The normalized spacial score (nSPS) is 19.5. The molecule has 0 aromatic rings. The number of likely N-dealkylation sites (tertiary alicyclic amines) is 2. The molecule has 0 atom stereocenters. The molecule has 1 N–H and O–H groups in total. The van der Waals surface area contributed by atoms with Crippen molar-refractivity contribution >= 4 is 24.1 Å². The molecule has 2 rings (SSSR count). The number of amides is 2. The summed E-state index contributed by atoms with van der Waals surface area (Å²) in [5.74, 6) is -1.27. The topological polar surface area (TPSA) is 123 Å². The van der Waals surface area contributed by atoms with Crippen LogP contribution < -0.4 is 0 Å². The van der Waals surface area contributed by atoms with Gasteiger partial charge in [-0.05, 0) is 67.2 Å². The lowest BCUT2D eigenvalue weighted by Gasteiger charge is -2.39. The molecular formula is C28H44N2O8. The van der Waals surface area contributed by atoms with E-state index in [1.165, 1.54) is 4.90 Å². The first-order valence-electron chi connectivity index (χ1n) is 13.3. The molecule has 0 aromatic carbocycles. The molecule has 2 fully saturated rings. The first kappa shape index (κ1) is 31.2. The van der Waals surface area contributed by atoms with Gasteiger partial charge < -0.3 is 29.1 Å². The van der Waals surface area contributed by atoms with Gasteiger partial charge in [-0.25, -0.2) is 9.59 Å². The Morgan fingerprint density at radius 3 is 1.76 bits per heavy atom. The number of piperidine rings is 2. The molecule has 2 aliphatic rings. The van der Waals surface area contributed by atoms with E-state index in [1.54, 1.807) is 64.7 Å². The van der Waals surface area contributed by atoms with Gasteiger partial charge in [0.25, 0.3) is 0 Å². The summed E-state index contributed by atoms with van der Waals surface area (Å²) in [7, 11) is 0. The van der Waals surface area contributed by atoms with E-state index in [0.717, 1.165) is 0 Å². The maximum atomic E-state index is 12.8. The van der Waals surface area contributed by atoms with Gasteiger partial charge in [-0.2, -0.15) is 0 Å². The predicted octanol–water partition coefficient (Wildman–Crippen LogP) is 4.78. The van der Waals surface area contributed by atoms with Gasteiger partial charge in [-0.15, -0.1) is 6.58 Å². The minimum Gasteiger partial charge on any atom is -0.481 e. The van der Waals surface area contributed by atoms with Gasteiger partial charge >= 0.3 is 24.1 Å². The van der Waals surface area contributed by atoms with Crippen molar-refractivity contribution in [1.82, 2.24) is 9.80 Å². The van der Waals surface area contributed by atoms with Gasteiger partial charge in [0.05, 0.1) is 17.4 Å². The van der Waals surface area contributed by atoms with Crippen molar-refractivity contribution in [2.45, 2.75) is 84.8 Å². The van der Waals surface area contributed by atoms with E-state index < -0.39 is 40.2 Å². The molecule has 0 unspecified atom stereocenters. The first-order valence-corrected chi connectivity index (χ1v) is 13.3. The second-order valence-corrected chi connectivity index (χ2v) is 11.7. The second-order valence-electron chi connectivity index (χ2n) is 11.7. The van der Waals surface area contributed by atoms with Gasteiger partial charge in [0.2, 0.25) is 0 Å². The van der Waals surface area contributed by atoms with Crippen molar-refractivity contribution in [3.8, 4) is 0 Å². The van der Waals surface area contributed by atoms with E-state index in [2.05, 4.69) is 6.58 Å². The first-order chi connectivity index (χ1) is 17.6. The van der Waals surface area contributed by atoms with Gasteiger partial charge in [-0.1, -0.05) is 18.2 Å². The number of carboxylic acid groups (broad SMARTS) is 1. The second kappa shape index (κ2) is 12.2. The van der Waals surface area contributed by atoms with E-state index in [4.69, 9.17) is 14.2 Å². The van der Waals surface area contributed by atoms with E-state index in [-0.39, 0.29) is 38.5 Å². The van der Waals surface area contributed by atoms with Crippen LogP contribution in [0.4, 0.5) is 9.59 Å². The minimum atomic E-state index is -1.10. The molecule has 2 heterocycles. The third-order valence-corrected chi connectivity index (χ3v) is 7.13. The summed E-state index contributed by atoms with van der Waals surface area (Å²) in [6.07, 6.45) is 5.74. The SMILES string of the molecule is C=CC1(C(=O)OCC)CCN(C(=O)OC(C)(C)C/C=C/C2(C(=O)O)CCN(C(=O)OC(C)(C)C)CC2)CC1. The molecule has 10 heteroatoms. The highest BCUT2D eigenvalue weighted by Gasteiger charge is 2.43. The van der Waals surface area contributed by atoms with Crippen molar-refractivity contribution in [3.05, 3.63) is 24.8 Å². The van der Waals surface area contributed by atoms with Crippen LogP contribution in [0.1, 0.15) is 73.6 Å². The Labute approximate surface area is 226 Å². The van der Waals surface area contributed by atoms with Crippen molar-refractivity contribution < 1.29 is 38.5 Å². The van der Waals surface area contributed by atoms with Crippen LogP contribution in [0.2, 0.25) is 0 Å². The standard InChI is InChI=1S/C28H44N2O8/c1-8-27(22(33)36-9-2)13-17-30(18-14-27)24(35)38-26(6,7)11-10-12-28(21(31)32)15-19-29(20-16-28)23(34)37-25(3,4)5/h8,10,12H,1,9,11,13-20H2,2-7H3,(H,31,32)/b12-10+. The number of hydrogen-bond donors (Lipinski definition) is 1. The average Bonchev–Trinajstić information content (AvgIpc) is 2.83. The average molecular weight is 537 g/mol. The Morgan fingerprint density at radius 2 is 1.34 bits per heavy atom. The number of rotatable bonds is 8. The van der Waals surface area contributed by atoms with Crippen molar-refractivity contribution in [1.29, 1.82) is 0 Å². The summed E-state index contributed by atoms with van der Waals surface area (Å²) in [5.41, 5.74) is -3.40. The molecular weight excluding hydrogens is 492 g/mol. The Balaban J connectivity index is 1.93. The van der Waals surface area contributed by atoms with Crippen LogP contribution in [0.5, 0.6) is 0 Å². The highest BCUT2D eigenvalue weighted by Crippen LogP contribution is 2.36. The summed E-state index contributed by atoms with van der Waals surface area (Å²) >= 11 is 0.